The van der Waals surface area contributed by atoms with Crippen molar-refractivity contribution in [3.8, 4) is 11.3 Å². The zero-order chi connectivity index (χ0) is 15.3. The molecule has 2 aliphatic rings. The molecule has 2 N–H and O–H groups in total. The minimum Gasteiger partial charge on any atom is -0.465 e. The van der Waals surface area contributed by atoms with Crippen molar-refractivity contribution in [2.75, 3.05) is 13.1 Å². The Hall–Kier alpha value is -2.34. The van der Waals surface area contributed by atoms with Crippen LogP contribution in [0.2, 0.25) is 0 Å². The normalized spacial score (nSPS) is 26.6. The molecule has 0 bridgehead atoms. The summed E-state index contributed by atoms with van der Waals surface area (Å²) in [5.41, 5.74) is 1.96. The summed E-state index contributed by atoms with van der Waals surface area (Å²) in [6, 6.07) is 7.65. The maximum Gasteiger partial charge on any atom is 0.407 e. The highest BCUT2D eigenvalue weighted by Gasteiger charge is 2.47. The summed E-state index contributed by atoms with van der Waals surface area (Å²) in [6.07, 6.45) is 3.77. The Morgan fingerprint density at radius 1 is 1.36 bits per heavy atom. The van der Waals surface area contributed by atoms with Crippen LogP contribution in [0.3, 0.4) is 0 Å². The first-order valence-electron chi connectivity index (χ1n) is 7.41. The fourth-order valence-corrected chi connectivity index (χ4v) is 3.84. The van der Waals surface area contributed by atoms with E-state index in [4.69, 9.17) is 0 Å². The molecule has 0 aliphatic carbocycles. The van der Waals surface area contributed by atoms with E-state index in [1.165, 1.54) is 4.90 Å². The quantitative estimate of drug-likeness (QED) is 0.843. The average Bonchev–Trinajstić information content (AvgIpc) is 3.07. The molecule has 0 spiro atoms. The smallest absolute Gasteiger partial charge is 0.407 e. The number of aliphatic hydroxyl groups is 1. The van der Waals surface area contributed by atoms with Gasteiger partial charge in [0.1, 0.15) is 5.60 Å². The fraction of sp³-hybridized carbons (Fsp3) is 0.375. The molecule has 2 atom stereocenters. The molecule has 0 radical (unpaired) electrons. The van der Waals surface area contributed by atoms with Crippen molar-refractivity contribution >= 4 is 6.09 Å². The van der Waals surface area contributed by atoms with Gasteiger partial charge in [0.25, 0.3) is 0 Å². The maximum absolute atomic E-state index is 11.3. The molecule has 0 unspecified atom stereocenters. The van der Waals surface area contributed by atoms with Crippen LogP contribution >= 0.6 is 0 Å². The second-order valence-corrected chi connectivity index (χ2v) is 6.09. The monoisotopic (exact) mass is 299 g/mol. The predicted octanol–water partition coefficient (Wildman–Crippen LogP) is 1.96. The number of imidazole rings is 1. The molecule has 4 rings (SSSR count). The zero-order valence-corrected chi connectivity index (χ0v) is 12.0. The number of hydrogen-bond donors (Lipinski definition) is 2. The lowest BCUT2D eigenvalue weighted by Crippen LogP contribution is -2.54. The lowest BCUT2D eigenvalue weighted by Gasteiger charge is -2.42. The van der Waals surface area contributed by atoms with Gasteiger partial charge in [-0.2, -0.15) is 0 Å². The summed E-state index contributed by atoms with van der Waals surface area (Å²) in [6.45, 7) is 0.599. The number of aromatic nitrogens is 2. The van der Waals surface area contributed by atoms with Crippen LogP contribution in [-0.4, -0.2) is 49.4 Å². The summed E-state index contributed by atoms with van der Waals surface area (Å²) in [5.74, 6) is 0. The third-order valence-electron chi connectivity index (χ3n) is 4.76. The maximum atomic E-state index is 11.3. The molecule has 1 saturated heterocycles. The second-order valence-electron chi connectivity index (χ2n) is 6.09. The molecule has 1 fully saturated rings. The Kier molecular flexibility index (Phi) is 2.77. The number of benzene rings is 1. The topological polar surface area (TPSA) is 78.6 Å². The SMILES string of the molecule is O=C(O)N1CCC[C@](O)([C@@H]2c3ccccc3-c3cncn32)C1. The van der Waals surface area contributed by atoms with E-state index in [1.54, 1.807) is 12.5 Å². The van der Waals surface area contributed by atoms with Crippen molar-refractivity contribution in [2.45, 2.75) is 24.5 Å². The molecule has 2 aromatic rings. The van der Waals surface area contributed by atoms with E-state index in [0.717, 1.165) is 16.8 Å². The van der Waals surface area contributed by atoms with Crippen LogP contribution in [0, 0.1) is 0 Å². The largest absolute Gasteiger partial charge is 0.465 e. The van der Waals surface area contributed by atoms with Crippen molar-refractivity contribution < 1.29 is 15.0 Å². The number of hydrogen-bond acceptors (Lipinski definition) is 3. The summed E-state index contributed by atoms with van der Waals surface area (Å²) in [5, 5.41) is 20.5. The lowest BCUT2D eigenvalue weighted by atomic mass is 9.82. The molecule has 114 valence electrons. The van der Waals surface area contributed by atoms with Crippen LogP contribution in [0.4, 0.5) is 4.79 Å². The number of rotatable bonds is 1. The van der Waals surface area contributed by atoms with E-state index in [1.807, 2.05) is 28.8 Å². The van der Waals surface area contributed by atoms with Crippen LogP contribution in [0.15, 0.2) is 36.8 Å². The van der Waals surface area contributed by atoms with Crippen molar-refractivity contribution in [3.05, 3.63) is 42.4 Å². The highest BCUT2D eigenvalue weighted by molar-refractivity contribution is 5.70. The van der Waals surface area contributed by atoms with Gasteiger partial charge in [0.2, 0.25) is 0 Å². The van der Waals surface area contributed by atoms with Gasteiger partial charge >= 0.3 is 6.09 Å². The highest BCUT2D eigenvalue weighted by Crippen LogP contribution is 2.46. The zero-order valence-electron chi connectivity index (χ0n) is 12.0. The van der Waals surface area contributed by atoms with Crippen molar-refractivity contribution in [1.29, 1.82) is 0 Å². The van der Waals surface area contributed by atoms with Crippen molar-refractivity contribution in [1.82, 2.24) is 14.5 Å². The Balaban J connectivity index is 1.81. The van der Waals surface area contributed by atoms with Gasteiger partial charge in [-0.1, -0.05) is 24.3 Å². The lowest BCUT2D eigenvalue weighted by molar-refractivity contribution is -0.0509. The Bertz CT molecular complexity index is 742. The van der Waals surface area contributed by atoms with Crippen LogP contribution < -0.4 is 0 Å². The van der Waals surface area contributed by atoms with E-state index < -0.39 is 11.7 Å². The summed E-state index contributed by atoms with van der Waals surface area (Å²) < 4.78 is 1.97. The van der Waals surface area contributed by atoms with Gasteiger partial charge in [-0.25, -0.2) is 9.78 Å². The molecule has 3 heterocycles. The highest BCUT2D eigenvalue weighted by atomic mass is 16.4. The minimum absolute atomic E-state index is 0.124. The molecule has 0 saturated carbocycles. The molecule has 1 amide bonds. The van der Waals surface area contributed by atoms with E-state index in [9.17, 15) is 15.0 Å². The van der Waals surface area contributed by atoms with Gasteiger partial charge in [-0.3, -0.25) is 0 Å². The first-order valence-corrected chi connectivity index (χ1v) is 7.41. The number of likely N-dealkylation sites (tertiary alicyclic amines) is 1. The molecular weight excluding hydrogens is 282 g/mol. The molecule has 6 nitrogen and oxygen atoms in total. The summed E-state index contributed by atoms with van der Waals surface area (Å²) in [7, 11) is 0. The molecule has 1 aromatic heterocycles. The third kappa shape index (κ3) is 1.77. The van der Waals surface area contributed by atoms with E-state index in [-0.39, 0.29) is 12.6 Å². The molecular formula is C16H17N3O3. The van der Waals surface area contributed by atoms with Gasteiger partial charge < -0.3 is 19.7 Å². The predicted molar refractivity (Wildman–Crippen MR) is 79.6 cm³/mol. The number of β-amino-alcohol motifs (C(OH)–C–C–N with tert-alkyl or cyclic N) is 1. The van der Waals surface area contributed by atoms with Crippen LogP contribution in [-0.2, 0) is 0 Å². The second kappa shape index (κ2) is 4.58. The third-order valence-corrected chi connectivity index (χ3v) is 4.76. The summed E-state index contributed by atoms with van der Waals surface area (Å²) in [4.78, 5) is 16.8. The van der Waals surface area contributed by atoms with E-state index >= 15 is 0 Å². The Labute approximate surface area is 127 Å². The number of nitrogens with zero attached hydrogens (tertiary/aromatic N) is 3. The summed E-state index contributed by atoms with van der Waals surface area (Å²) >= 11 is 0. The molecule has 1 aromatic carbocycles. The molecule has 6 heteroatoms. The van der Waals surface area contributed by atoms with Gasteiger partial charge in [-0.05, 0) is 18.4 Å². The van der Waals surface area contributed by atoms with Gasteiger partial charge in [-0.15, -0.1) is 0 Å². The number of amides is 1. The van der Waals surface area contributed by atoms with Gasteiger partial charge in [0.15, 0.2) is 0 Å². The number of carboxylic acid groups (broad SMARTS) is 1. The fourth-order valence-electron chi connectivity index (χ4n) is 3.84. The number of carbonyl (C=O) groups is 1. The number of piperidine rings is 1. The first-order chi connectivity index (χ1) is 10.6. The average molecular weight is 299 g/mol. The van der Waals surface area contributed by atoms with Gasteiger partial charge in [0.05, 0.1) is 30.8 Å². The minimum atomic E-state index is -1.11. The van der Waals surface area contributed by atoms with Crippen LogP contribution in [0.1, 0.15) is 24.4 Å². The standard InChI is InChI=1S/C16H17N3O3/c20-15(21)18-7-3-6-16(22,9-18)14-12-5-2-1-4-11(12)13-8-17-10-19(13)14/h1-2,4-5,8,10,14,22H,3,6-7,9H2,(H,20,21)/t14-,16+/m0/s1. The van der Waals surface area contributed by atoms with E-state index in [2.05, 4.69) is 4.98 Å². The first kappa shape index (κ1) is 13.3. The molecule has 2 aliphatic heterocycles. The van der Waals surface area contributed by atoms with Gasteiger partial charge in [0, 0.05) is 12.1 Å². The van der Waals surface area contributed by atoms with Crippen molar-refractivity contribution in [2.24, 2.45) is 0 Å². The number of fused-ring (bicyclic) bond motifs is 3. The molecule has 22 heavy (non-hydrogen) atoms. The Morgan fingerprint density at radius 2 is 2.18 bits per heavy atom. The van der Waals surface area contributed by atoms with Crippen LogP contribution in [0.5, 0.6) is 0 Å². The van der Waals surface area contributed by atoms with E-state index in [0.29, 0.717) is 19.4 Å². The van der Waals surface area contributed by atoms with Crippen LogP contribution in [0.25, 0.3) is 11.3 Å². The Morgan fingerprint density at radius 3 is 3.00 bits per heavy atom. The van der Waals surface area contributed by atoms with Crippen molar-refractivity contribution in [3.63, 3.8) is 0 Å².